The Morgan fingerprint density at radius 1 is 1.14 bits per heavy atom. The maximum atomic E-state index is 14.6. The molecule has 9 nitrogen and oxygen atoms in total. The van der Waals surface area contributed by atoms with Crippen LogP contribution in [0.1, 0.15) is 29.9 Å². The lowest BCUT2D eigenvalue weighted by molar-refractivity contribution is 0.102. The largest absolute Gasteiger partial charge is 0.475 e. The summed E-state index contributed by atoms with van der Waals surface area (Å²) in [6.45, 7) is 8.53. The highest BCUT2D eigenvalue weighted by Gasteiger charge is 2.24. The number of benzene rings is 1. The number of carbonyl (C=O) groups excluding carboxylic acids is 1. The Bertz CT molecular complexity index is 1450. The molecule has 1 fully saturated rings. The monoisotopic (exact) mass is 506 g/mol. The van der Waals surface area contributed by atoms with Crippen molar-refractivity contribution < 1.29 is 18.7 Å². The van der Waals surface area contributed by atoms with Crippen molar-refractivity contribution in [2.45, 2.75) is 32.9 Å². The topological polar surface area (TPSA) is 93.0 Å². The van der Waals surface area contributed by atoms with Gasteiger partial charge in [-0.25, -0.2) is 14.4 Å². The van der Waals surface area contributed by atoms with Crippen molar-refractivity contribution in [1.29, 1.82) is 0 Å². The molecule has 4 aromatic rings. The molecule has 1 aliphatic heterocycles. The van der Waals surface area contributed by atoms with Gasteiger partial charge in [0, 0.05) is 67.9 Å². The molecule has 1 aliphatic rings. The molecule has 10 heteroatoms. The van der Waals surface area contributed by atoms with Crippen LogP contribution in [0.4, 0.5) is 15.8 Å². The molecule has 2 atom stereocenters. The van der Waals surface area contributed by atoms with Crippen LogP contribution in [0.15, 0.2) is 42.7 Å². The summed E-state index contributed by atoms with van der Waals surface area (Å²) in [6, 6.07) is 9.39. The Hall–Kier alpha value is -3.76. The number of ether oxygens (including phenoxy) is 2. The minimum absolute atomic E-state index is 0.212. The second-order valence-corrected chi connectivity index (χ2v) is 9.54. The van der Waals surface area contributed by atoms with Gasteiger partial charge in [0.05, 0.1) is 29.1 Å². The Morgan fingerprint density at radius 3 is 2.68 bits per heavy atom. The van der Waals surface area contributed by atoms with Crippen LogP contribution in [0.3, 0.4) is 0 Å². The minimum Gasteiger partial charge on any atom is -0.475 e. The lowest BCUT2D eigenvalue weighted by atomic mass is 10.0. The van der Waals surface area contributed by atoms with Crippen LogP contribution < -0.4 is 20.3 Å². The number of rotatable bonds is 7. The van der Waals surface area contributed by atoms with Crippen LogP contribution in [0.5, 0.6) is 5.88 Å². The van der Waals surface area contributed by atoms with Gasteiger partial charge < -0.3 is 29.4 Å². The lowest BCUT2D eigenvalue weighted by Crippen LogP contribution is -2.54. The molecule has 4 heterocycles. The van der Waals surface area contributed by atoms with E-state index in [1.165, 1.54) is 6.07 Å². The van der Waals surface area contributed by atoms with Gasteiger partial charge in [0.2, 0.25) is 5.88 Å². The number of nitrogens with zero attached hydrogens (tertiary/aromatic N) is 4. The second-order valence-electron chi connectivity index (χ2n) is 9.54. The van der Waals surface area contributed by atoms with E-state index in [9.17, 15) is 9.18 Å². The lowest BCUT2D eigenvalue weighted by Gasteiger charge is -2.38. The number of piperazine rings is 1. The molecular weight excluding hydrogens is 475 g/mol. The number of nitrogens with one attached hydrogen (secondary N) is 2. The van der Waals surface area contributed by atoms with E-state index in [4.69, 9.17) is 14.5 Å². The summed E-state index contributed by atoms with van der Waals surface area (Å²) in [6.07, 6.45) is 3.35. The zero-order valence-corrected chi connectivity index (χ0v) is 21.4. The number of fused-ring (bicyclic) bond motifs is 2. The number of aromatic nitrogens is 3. The molecule has 194 valence electrons. The van der Waals surface area contributed by atoms with Crippen LogP contribution >= 0.6 is 0 Å². The number of hydrogen-bond donors (Lipinski definition) is 2. The van der Waals surface area contributed by atoms with E-state index in [1.54, 1.807) is 36.9 Å². The fraction of sp³-hybridized carbons (Fsp3) is 0.370. The van der Waals surface area contributed by atoms with Crippen LogP contribution in [-0.2, 0) is 4.74 Å². The van der Waals surface area contributed by atoms with Crippen LogP contribution in [-0.4, -0.2) is 65.8 Å². The summed E-state index contributed by atoms with van der Waals surface area (Å²) in [4.78, 5) is 24.6. The van der Waals surface area contributed by atoms with Gasteiger partial charge in [-0.3, -0.25) is 4.79 Å². The van der Waals surface area contributed by atoms with Crippen molar-refractivity contribution in [2.24, 2.45) is 0 Å². The number of carbonyl (C=O) groups is 1. The molecule has 1 saturated heterocycles. The number of anilines is 2. The molecule has 1 amide bonds. The summed E-state index contributed by atoms with van der Waals surface area (Å²) in [5, 5.41) is 7.22. The number of amides is 1. The molecule has 0 unspecified atom stereocenters. The second kappa shape index (κ2) is 10.3. The minimum atomic E-state index is -0.514. The van der Waals surface area contributed by atoms with Crippen LogP contribution in [0, 0.1) is 12.7 Å². The van der Waals surface area contributed by atoms with Crippen molar-refractivity contribution in [3.8, 4) is 5.88 Å². The van der Waals surface area contributed by atoms with Gasteiger partial charge >= 0.3 is 0 Å². The molecule has 5 rings (SSSR count). The van der Waals surface area contributed by atoms with Gasteiger partial charge in [-0.1, -0.05) is 0 Å². The molecule has 3 aromatic heterocycles. The summed E-state index contributed by atoms with van der Waals surface area (Å²) < 4.78 is 27.0. The average molecular weight is 507 g/mol. The summed E-state index contributed by atoms with van der Waals surface area (Å²) in [5.74, 6) is -0.505. The predicted molar refractivity (Wildman–Crippen MR) is 141 cm³/mol. The highest BCUT2D eigenvalue weighted by molar-refractivity contribution is 6.14. The first-order valence-corrected chi connectivity index (χ1v) is 12.3. The maximum absolute atomic E-state index is 14.6. The molecule has 37 heavy (non-hydrogen) atoms. The third kappa shape index (κ3) is 5.21. The Balaban J connectivity index is 1.53. The number of halogens is 1. The van der Waals surface area contributed by atoms with Crippen molar-refractivity contribution >= 4 is 33.8 Å². The highest BCUT2D eigenvalue weighted by atomic mass is 19.1. The number of pyridine rings is 2. The quantitative estimate of drug-likeness (QED) is 0.369. The van der Waals surface area contributed by atoms with Gasteiger partial charge in [-0.05, 0) is 39.0 Å². The SMILES string of the molecule is COCCOc1ccc2c(N3C[C@H](C)N[C@@H](C)C3)ccc(C(=O)Nc3cc(F)c4nc(C)cn4c3)c2n1. The van der Waals surface area contributed by atoms with Crippen molar-refractivity contribution in [3.05, 3.63) is 59.8 Å². The zero-order valence-electron chi connectivity index (χ0n) is 21.4. The molecule has 0 radical (unpaired) electrons. The molecular formula is C27H31FN6O3. The van der Waals surface area contributed by atoms with Gasteiger partial charge in [0.1, 0.15) is 6.61 Å². The van der Waals surface area contributed by atoms with E-state index in [1.807, 2.05) is 18.2 Å². The molecule has 0 saturated carbocycles. The normalized spacial score (nSPS) is 17.9. The van der Waals surface area contributed by atoms with Crippen molar-refractivity contribution in [1.82, 2.24) is 19.7 Å². The van der Waals surface area contributed by atoms with Gasteiger partial charge in [0.25, 0.3) is 5.91 Å². The zero-order chi connectivity index (χ0) is 26.1. The van der Waals surface area contributed by atoms with Gasteiger partial charge in [0.15, 0.2) is 11.5 Å². The van der Waals surface area contributed by atoms with Crippen LogP contribution in [0.25, 0.3) is 16.6 Å². The number of hydrogen-bond acceptors (Lipinski definition) is 7. The summed E-state index contributed by atoms with van der Waals surface area (Å²) in [7, 11) is 1.60. The Kier molecular flexibility index (Phi) is 6.94. The van der Waals surface area contributed by atoms with Crippen molar-refractivity contribution in [2.75, 3.05) is 43.6 Å². The first-order valence-electron chi connectivity index (χ1n) is 12.3. The van der Waals surface area contributed by atoms with Gasteiger partial charge in [-0.2, -0.15) is 0 Å². The predicted octanol–water partition coefficient (Wildman–Crippen LogP) is 3.79. The smallest absolute Gasteiger partial charge is 0.257 e. The van der Waals surface area contributed by atoms with E-state index in [0.29, 0.717) is 53.6 Å². The fourth-order valence-electron chi connectivity index (χ4n) is 4.92. The van der Waals surface area contributed by atoms with E-state index in [0.717, 1.165) is 24.2 Å². The first-order chi connectivity index (χ1) is 17.8. The standard InChI is InChI=1S/C27H31FN6O3/c1-16-12-33(13-17(2)29-16)23-7-5-21(25-20(23)6-8-24(32-25)37-10-9-36-4)27(35)31-19-11-22(28)26-30-18(3)14-34(26)15-19/h5-8,11,14-17,29H,9-10,12-13H2,1-4H3,(H,31,35)/t16-,17-/m0/s1. The van der Waals surface area contributed by atoms with Crippen LogP contribution in [0.2, 0.25) is 0 Å². The molecule has 0 spiro atoms. The molecule has 0 aliphatic carbocycles. The molecule has 1 aromatic carbocycles. The van der Waals surface area contributed by atoms with Crippen molar-refractivity contribution in [3.63, 3.8) is 0 Å². The van der Waals surface area contributed by atoms with Gasteiger partial charge in [-0.15, -0.1) is 0 Å². The Labute approximate surface area is 214 Å². The summed E-state index contributed by atoms with van der Waals surface area (Å²) >= 11 is 0. The molecule has 2 N–H and O–H groups in total. The number of imidazole rings is 1. The fourth-order valence-corrected chi connectivity index (χ4v) is 4.92. The van der Waals surface area contributed by atoms with E-state index >= 15 is 0 Å². The third-order valence-corrected chi connectivity index (χ3v) is 6.37. The third-order valence-electron chi connectivity index (χ3n) is 6.37. The average Bonchev–Trinajstić information content (AvgIpc) is 3.23. The molecule has 0 bridgehead atoms. The van der Waals surface area contributed by atoms with E-state index < -0.39 is 11.7 Å². The number of aryl methyl sites for hydroxylation is 1. The maximum Gasteiger partial charge on any atom is 0.257 e. The highest BCUT2D eigenvalue weighted by Crippen LogP contribution is 2.32. The Morgan fingerprint density at radius 2 is 1.92 bits per heavy atom. The summed E-state index contributed by atoms with van der Waals surface area (Å²) in [5.41, 5.74) is 3.11. The number of methoxy groups -OCH3 is 1. The first kappa shape index (κ1) is 24.9. The van der Waals surface area contributed by atoms with E-state index in [2.05, 4.69) is 34.4 Å². The van der Waals surface area contributed by atoms with E-state index in [-0.39, 0.29) is 5.65 Å².